The largest absolute Gasteiger partial charge is 0.494 e. The van der Waals surface area contributed by atoms with E-state index in [1.165, 1.54) is 50.8 Å². The van der Waals surface area contributed by atoms with Gasteiger partial charge in [-0.05, 0) is 78.8 Å². The van der Waals surface area contributed by atoms with Gasteiger partial charge in [-0.2, -0.15) is 0 Å². The standard InChI is InChI=1S/C31H43FN2O4/c1-23(26-10-13-29(32)30(21-26)37-2)4-3-5-24-6-7-27(20-24)25-8-11-28(12-9-25)38-22-31(36)34-16-14-33(15-17-34)18-19-35/h8-13,21,23-24,27,35H,3-7,14-20,22H2,1-2H3/t23-,24-,27+/m0/s1. The predicted molar refractivity (Wildman–Crippen MR) is 147 cm³/mol. The lowest BCUT2D eigenvalue weighted by atomic mass is 9.91. The highest BCUT2D eigenvalue weighted by Gasteiger charge is 2.26. The first-order valence-electron chi connectivity index (χ1n) is 14.1. The van der Waals surface area contributed by atoms with Crippen LogP contribution in [0, 0.1) is 11.7 Å². The number of carbonyl (C=O) groups excluding carboxylic acids is 1. The second-order valence-electron chi connectivity index (χ2n) is 10.9. The van der Waals surface area contributed by atoms with Crippen molar-refractivity contribution in [2.45, 2.75) is 57.3 Å². The van der Waals surface area contributed by atoms with Gasteiger partial charge in [-0.25, -0.2) is 4.39 Å². The van der Waals surface area contributed by atoms with E-state index in [1.54, 1.807) is 0 Å². The van der Waals surface area contributed by atoms with Crippen molar-refractivity contribution in [1.29, 1.82) is 0 Å². The molecule has 208 valence electrons. The molecule has 1 N–H and O–H groups in total. The molecule has 6 nitrogen and oxygen atoms in total. The first-order chi connectivity index (χ1) is 18.5. The number of aliphatic hydroxyl groups excluding tert-OH is 1. The lowest BCUT2D eigenvalue weighted by molar-refractivity contribution is -0.135. The number of halogens is 1. The lowest BCUT2D eigenvalue weighted by Crippen LogP contribution is -2.50. The molecule has 3 atom stereocenters. The second kappa shape index (κ2) is 13.9. The van der Waals surface area contributed by atoms with Gasteiger partial charge in [0.05, 0.1) is 13.7 Å². The fourth-order valence-electron chi connectivity index (χ4n) is 5.94. The third kappa shape index (κ3) is 7.70. The monoisotopic (exact) mass is 526 g/mol. The zero-order valence-corrected chi connectivity index (χ0v) is 22.9. The third-order valence-corrected chi connectivity index (χ3v) is 8.39. The Balaban J connectivity index is 1.16. The summed E-state index contributed by atoms with van der Waals surface area (Å²) in [6.45, 7) is 6.06. The highest BCUT2D eigenvalue weighted by atomic mass is 19.1. The maximum absolute atomic E-state index is 13.7. The molecule has 2 aliphatic rings. The number of rotatable bonds is 12. The SMILES string of the molecule is COc1cc([C@@H](C)CCC[C@H]2CC[C@@H](c3ccc(OCC(=O)N4CCN(CCO)CC4)cc3)C2)ccc1F. The lowest BCUT2D eigenvalue weighted by Gasteiger charge is -2.34. The molecule has 1 aliphatic heterocycles. The molecule has 0 radical (unpaired) electrons. The number of amides is 1. The summed E-state index contributed by atoms with van der Waals surface area (Å²) in [6, 6.07) is 13.5. The van der Waals surface area contributed by atoms with Crippen LogP contribution >= 0.6 is 0 Å². The van der Waals surface area contributed by atoms with E-state index >= 15 is 0 Å². The van der Waals surface area contributed by atoms with E-state index in [0.717, 1.165) is 36.7 Å². The summed E-state index contributed by atoms with van der Waals surface area (Å²) in [5, 5.41) is 9.06. The Bertz CT molecular complexity index is 1020. The molecule has 1 saturated heterocycles. The Hall–Kier alpha value is -2.64. The van der Waals surface area contributed by atoms with Crippen LogP contribution < -0.4 is 9.47 Å². The Labute approximate surface area is 226 Å². The smallest absolute Gasteiger partial charge is 0.260 e. The van der Waals surface area contributed by atoms with Crippen molar-refractivity contribution in [2.75, 3.05) is 53.0 Å². The molecule has 0 spiro atoms. The fourth-order valence-corrected chi connectivity index (χ4v) is 5.94. The van der Waals surface area contributed by atoms with Crippen LogP contribution in [0.15, 0.2) is 42.5 Å². The van der Waals surface area contributed by atoms with Crippen molar-refractivity contribution in [1.82, 2.24) is 9.80 Å². The molecule has 0 bridgehead atoms. The van der Waals surface area contributed by atoms with Gasteiger partial charge in [-0.3, -0.25) is 9.69 Å². The minimum Gasteiger partial charge on any atom is -0.494 e. The topological polar surface area (TPSA) is 62.2 Å². The number of nitrogens with zero attached hydrogens (tertiary/aromatic N) is 2. The molecule has 0 unspecified atom stereocenters. The summed E-state index contributed by atoms with van der Waals surface area (Å²) in [5.74, 6) is 2.50. The van der Waals surface area contributed by atoms with Crippen LogP contribution in [0.3, 0.4) is 0 Å². The van der Waals surface area contributed by atoms with E-state index < -0.39 is 0 Å². The van der Waals surface area contributed by atoms with Gasteiger partial charge in [0, 0.05) is 32.7 Å². The summed E-state index contributed by atoms with van der Waals surface area (Å²) in [6.07, 6.45) is 7.21. The van der Waals surface area contributed by atoms with Crippen molar-refractivity contribution in [3.63, 3.8) is 0 Å². The van der Waals surface area contributed by atoms with E-state index in [-0.39, 0.29) is 24.9 Å². The van der Waals surface area contributed by atoms with Crippen LogP contribution in [0.2, 0.25) is 0 Å². The fraction of sp³-hybridized carbons (Fsp3) is 0.581. The number of β-amino-alcohol motifs (C(OH)–C–C–N with tert-alkyl or cyclic N) is 1. The van der Waals surface area contributed by atoms with E-state index in [2.05, 4.69) is 24.0 Å². The molecule has 1 heterocycles. The zero-order chi connectivity index (χ0) is 26.9. The van der Waals surface area contributed by atoms with Crippen molar-refractivity contribution < 1.29 is 23.8 Å². The Kier molecular flexibility index (Phi) is 10.4. The molecule has 2 aromatic carbocycles. The third-order valence-electron chi connectivity index (χ3n) is 8.39. The summed E-state index contributed by atoms with van der Waals surface area (Å²) in [7, 11) is 1.51. The summed E-state index contributed by atoms with van der Waals surface area (Å²) >= 11 is 0. The number of piperazine rings is 1. The van der Waals surface area contributed by atoms with E-state index in [1.807, 2.05) is 29.2 Å². The predicted octanol–water partition coefficient (Wildman–Crippen LogP) is 5.21. The van der Waals surface area contributed by atoms with Gasteiger partial charge in [-0.15, -0.1) is 0 Å². The molecule has 2 fully saturated rings. The van der Waals surface area contributed by atoms with Crippen LogP contribution in [-0.4, -0.2) is 73.9 Å². The number of methoxy groups -OCH3 is 1. The van der Waals surface area contributed by atoms with E-state index in [0.29, 0.717) is 37.2 Å². The van der Waals surface area contributed by atoms with Crippen molar-refractivity contribution >= 4 is 5.91 Å². The number of ether oxygens (including phenoxy) is 2. The number of aliphatic hydroxyl groups is 1. The maximum atomic E-state index is 13.7. The number of carbonyl (C=O) groups is 1. The molecule has 2 aromatic rings. The Morgan fingerprint density at radius 2 is 1.87 bits per heavy atom. The molecule has 38 heavy (non-hydrogen) atoms. The molecule has 0 aromatic heterocycles. The second-order valence-corrected chi connectivity index (χ2v) is 10.9. The van der Waals surface area contributed by atoms with Crippen LogP contribution in [0.1, 0.15) is 68.4 Å². The van der Waals surface area contributed by atoms with Crippen LogP contribution in [0.25, 0.3) is 0 Å². The average molecular weight is 527 g/mol. The van der Waals surface area contributed by atoms with Gasteiger partial charge >= 0.3 is 0 Å². The van der Waals surface area contributed by atoms with E-state index in [9.17, 15) is 9.18 Å². The van der Waals surface area contributed by atoms with Crippen LogP contribution in [-0.2, 0) is 4.79 Å². The number of hydrogen-bond acceptors (Lipinski definition) is 5. The van der Waals surface area contributed by atoms with Gasteiger partial charge in [0.25, 0.3) is 5.91 Å². The molecule has 4 rings (SSSR count). The highest BCUT2D eigenvalue weighted by molar-refractivity contribution is 5.77. The zero-order valence-electron chi connectivity index (χ0n) is 22.9. The maximum Gasteiger partial charge on any atom is 0.260 e. The molecule has 7 heteroatoms. The number of benzene rings is 2. The summed E-state index contributed by atoms with van der Waals surface area (Å²) < 4.78 is 24.6. The first kappa shape index (κ1) is 28.4. The minimum atomic E-state index is -0.307. The van der Waals surface area contributed by atoms with Crippen molar-refractivity contribution in [3.05, 3.63) is 59.4 Å². The Morgan fingerprint density at radius 3 is 2.58 bits per heavy atom. The van der Waals surface area contributed by atoms with E-state index in [4.69, 9.17) is 14.6 Å². The van der Waals surface area contributed by atoms with Gasteiger partial charge in [0.1, 0.15) is 5.75 Å². The first-order valence-corrected chi connectivity index (χ1v) is 14.1. The molecule has 1 amide bonds. The normalized spacial score (nSPS) is 20.9. The molecular formula is C31H43FN2O4. The van der Waals surface area contributed by atoms with Crippen molar-refractivity contribution in [3.8, 4) is 11.5 Å². The molecular weight excluding hydrogens is 483 g/mol. The van der Waals surface area contributed by atoms with Gasteiger partial charge in [-0.1, -0.05) is 38.0 Å². The highest BCUT2D eigenvalue weighted by Crippen LogP contribution is 2.41. The summed E-state index contributed by atoms with van der Waals surface area (Å²) in [4.78, 5) is 16.5. The van der Waals surface area contributed by atoms with Gasteiger partial charge in [0.2, 0.25) is 0 Å². The van der Waals surface area contributed by atoms with Crippen LogP contribution in [0.5, 0.6) is 11.5 Å². The molecule has 1 aliphatic carbocycles. The minimum absolute atomic E-state index is 0.0178. The average Bonchev–Trinajstić information content (AvgIpc) is 3.41. The summed E-state index contributed by atoms with van der Waals surface area (Å²) in [5.41, 5.74) is 2.50. The van der Waals surface area contributed by atoms with Gasteiger partial charge < -0.3 is 19.5 Å². The van der Waals surface area contributed by atoms with Crippen molar-refractivity contribution in [2.24, 2.45) is 5.92 Å². The Morgan fingerprint density at radius 1 is 1.11 bits per heavy atom. The molecule has 1 saturated carbocycles. The van der Waals surface area contributed by atoms with Gasteiger partial charge in [0.15, 0.2) is 18.2 Å². The number of hydrogen-bond donors (Lipinski definition) is 1. The quantitative estimate of drug-likeness (QED) is 0.412. The van der Waals surface area contributed by atoms with Crippen LogP contribution in [0.4, 0.5) is 4.39 Å².